The number of rotatable bonds is 9. The lowest BCUT2D eigenvalue weighted by molar-refractivity contribution is -0.124. The molecule has 0 bridgehead atoms. The lowest BCUT2D eigenvalue weighted by Gasteiger charge is -2.26. The molecule has 0 aliphatic carbocycles. The number of morpholine rings is 1. The normalized spacial score (nSPS) is 14.3. The Balaban J connectivity index is 1.60. The summed E-state index contributed by atoms with van der Waals surface area (Å²) >= 11 is 0. The van der Waals surface area contributed by atoms with E-state index in [4.69, 9.17) is 18.9 Å². The van der Waals surface area contributed by atoms with Gasteiger partial charge in [0.2, 0.25) is 10.0 Å². The van der Waals surface area contributed by atoms with E-state index in [-0.39, 0.29) is 37.7 Å². The molecule has 0 spiro atoms. The average Bonchev–Trinajstić information content (AvgIpc) is 2.86. The van der Waals surface area contributed by atoms with Gasteiger partial charge in [0.1, 0.15) is 5.82 Å². The molecule has 184 valence electrons. The number of amides is 1. The van der Waals surface area contributed by atoms with Crippen molar-refractivity contribution in [3.8, 4) is 11.5 Å². The fraction of sp³-hybridized carbons (Fsp3) is 0.364. The molecular formula is C22H25FN2O8S. The maximum atomic E-state index is 14.2. The van der Waals surface area contributed by atoms with Gasteiger partial charge < -0.3 is 24.3 Å². The first-order valence-electron chi connectivity index (χ1n) is 10.3. The Morgan fingerprint density at radius 2 is 1.76 bits per heavy atom. The minimum Gasteiger partial charge on any atom is -0.493 e. The monoisotopic (exact) mass is 496 g/mol. The van der Waals surface area contributed by atoms with Gasteiger partial charge in [0.05, 0.1) is 37.9 Å². The van der Waals surface area contributed by atoms with Crippen LogP contribution in [0, 0.1) is 5.82 Å². The van der Waals surface area contributed by atoms with E-state index in [0.29, 0.717) is 17.1 Å². The summed E-state index contributed by atoms with van der Waals surface area (Å²) in [5.74, 6) is -1.72. The highest BCUT2D eigenvalue weighted by Gasteiger charge is 2.28. The maximum absolute atomic E-state index is 14.2. The van der Waals surface area contributed by atoms with Crippen LogP contribution < -0.4 is 14.8 Å². The van der Waals surface area contributed by atoms with E-state index in [1.54, 1.807) is 18.2 Å². The zero-order valence-electron chi connectivity index (χ0n) is 18.7. The van der Waals surface area contributed by atoms with Crippen LogP contribution >= 0.6 is 0 Å². The molecule has 1 aliphatic heterocycles. The molecule has 10 nitrogen and oxygen atoms in total. The van der Waals surface area contributed by atoms with Crippen molar-refractivity contribution >= 4 is 21.9 Å². The molecule has 0 radical (unpaired) electrons. The van der Waals surface area contributed by atoms with Gasteiger partial charge in [0.15, 0.2) is 18.1 Å². The van der Waals surface area contributed by atoms with Gasteiger partial charge in [-0.3, -0.25) is 4.79 Å². The molecule has 1 amide bonds. The third kappa shape index (κ3) is 6.01. The number of ether oxygens (including phenoxy) is 4. The second-order valence-corrected chi connectivity index (χ2v) is 9.14. The van der Waals surface area contributed by atoms with Crippen molar-refractivity contribution in [1.29, 1.82) is 0 Å². The number of carbonyl (C=O) groups is 2. The Hall–Kier alpha value is -3.22. The summed E-state index contributed by atoms with van der Waals surface area (Å²) in [6.07, 6.45) is 0. The Morgan fingerprint density at radius 1 is 1.06 bits per heavy atom. The third-order valence-corrected chi connectivity index (χ3v) is 6.93. The molecule has 0 aromatic heterocycles. The summed E-state index contributed by atoms with van der Waals surface area (Å²) in [7, 11) is -0.945. The molecular weight excluding hydrogens is 471 g/mol. The predicted molar refractivity (Wildman–Crippen MR) is 118 cm³/mol. The van der Waals surface area contributed by atoms with Gasteiger partial charge in [0.25, 0.3) is 5.91 Å². The number of halogens is 1. The zero-order chi connectivity index (χ0) is 24.7. The second-order valence-electron chi connectivity index (χ2n) is 7.20. The lowest BCUT2D eigenvalue weighted by atomic mass is 10.2. The summed E-state index contributed by atoms with van der Waals surface area (Å²) < 4.78 is 61.3. The zero-order valence-corrected chi connectivity index (χ0v) is 19.5. The fourth-order valence-electron chi connectivity index (χ4n) is 3.21. The van der Waals surface area contributed by atoms with E-state index in [2.05, 4.69) is 5.32 Å². The molecule has 12 heteroatoms. The largest absolute Gasteiger partial charge is 0.493 e. The first kappa shape index (κ1) is 25.4. The van der Waals surface area contributed by atoms with Crippen LogP contribution in [-0.4, -0.2) is 71.7 Å². The molecule has 0 unspecified atom stereocenters. The minimum absolute atomic E-state index is 0.123. The van der Waals surface area contributed by atoms with Gasteiger partial charge in [-0.05, 0) is 35.9 Å². The quantitative estimate of drug-likeness (QED) is 0.517. The molecule has 1 heterocycles. The van der Waals surface area contributed by atoms with Crippen molar-refractivity contribution in [3.63, 3.8) is 0 Å². The molecule has 0 saturated carbocycles. The number of carbonyl (C=O) groups excluding carboxylic acids is 2. The Bertz CT molecular complexity index is 1150. The number of hydrogen-bond acceptors (Lipinski definition) is 8. The van der Waals surface area contributed by atoms with Crippen molar-refractivity contribution in [3.05, 3.63) is 53.3 Å². The molecule has 3 rings (SSSR count). The number of methoxy groups -OCH3 is 2. The van der Waals surface area contributed by atoms with Crippen LogP contribution in [-0.2, 0) is 30.8 Å². The van der Waals surface area contributed by atoms with Crippen LogP contribution in [0.2, 0.25) is 0 Å². The summed E-state index contributed by atoms with van der Waals surface area (Å²) in [6.45, 7) is 0.241. The Morgan fingerprint density at radius 3 is 2.44 bits per heavy atom. The number of benzene rings is 2. The second kappa shape index (κ2) is 11.3. The van der Waals surface area contributed by atoms with E-state index in [1.165, 1.54) is 18.5 Å². The van der Waals surface area contributed by atoms with Crippen molar-refractivity contribution in [2.45, 2.75) is 11.4 Å². The van der Waals surface area contributed by atoms with Crippen LogP contribution in [0.4, 0.5) is 4.39 Å². The Labute approximate surface area is 196 Å². The van der Waals surface area contributed by atoms with Gasteiger partial charge >= 0.3 is 5.97 Å². The first-order chi connectivity index (χ1) is 16.3. The van der Waals surface area contributed by atoms with Crippen LogP contribution in [0.1, 0.15) is 15.9 Å². The summed E-state index contributed by atoms with van der Waals surface area (Å²) in [5.41, 5.74) is 0.131. The minimum atomic E-state index is -3.94. The van der Waals surface area contributed by atoms with Crippen LogP contribution in [0.15, 0.2) is 41.3 Å². The summed E-state index contributed by atoms with van der Waals surface area (Å²) in [4.78, 5) is 24.2. The molecule has 1 fully saturated rings. The van der Waals surface area contributed by atoms with Gasteiger partial charge in [-0.25, -0.2) is 17.6 Å². The first-order valence-corrected chi connectivity index (χ1v) is 11.7. The van der Waals surface area contributed by atoms with Crippen molar-refractivity contribution in [1.82, 2.24) is 9.62 Å². The Kier molecular flexibility index (Phi) is 8.42. The molecule has 1 aliphatic rings. The van der Waals surface area contributed by atoms with E-state index in [1.807, 2.05) is 0 Å². The van der Waals surface area contributed by atoms with Crippen LogP contribution in [0.25, 0.3) is 0 Å². The van der Waals surface area contributed by atoms with Crippen molar-refractivity contribution in [2.75, 3.05) is 47.1 Å². The van der Waals surface area contributed by atoms with Gasteiger partial charge in [-0.15, -0.1) is 0 Å². The van der Waals surface area contributed by atoms with E-state index >= 15 is 0 Å². The highest BCUT2D eigenvalue weighted by Crippen LogP contribution is 2.27. The predicted octanol–water partition coefficient (Wildman–Crippen LogP) is 1.34. The fourth-order valence-corrected chi connectivity index (χ4v) is 4.64. The number of hydrogen-bond donors (Lipinski definition) is 1. The van der Waals surface area contributed by atoms with Crippen LogP contribution in [0.5, 0.6) is 11.5 Å². The standard InChI is InChI=1S/C22H25FN2O8S/c1-30-19-6-3-15(11-20(19)31-2)13-24-21(26)14-33-22(27)17-12-16(4-5-18(17)23)34(28,29)25-7-9-32-10-8-25/h3-6,11-12H,7-10,13-14H2,1-2H3,(H,24,26). The van der Waals surface area contributed by atoms with Crippen molar-refractivity contribution < 1.29 is 41.3 Å². The number of sulfonamides is 1. The molecule has 2 aromatic carbocycles. The molecule has 1 N–H and O–H groups in total. The summed E-state index contributed by atoms with van der Waals surface area (Å²) in [6, 6.07) is 7.95. The van der Waals surface area contributed by atoms with E-state index in [0.717, 1.165) is 18.2 Å². The highest BCUT2D eigenvalue weighted by atomic mass is 32.2. The average molecular weight is 497 g/mol. The number of nitrogens with one attached hydrogen (secondary N) is 1. The van der Waals surface area contributed by atoms with Gasteiger partial charge in [-0.1, -0.05) is 6.07 Å². The summed E-state index contributed by atoms with van der Waals surface area (Å²) in [5, 5.41) is 2.57. The van der Waals surface area contributed by atoms with Gasteiger partial charge in [0, 0.05) is 19.6 Å². The van der Waals surface area contributed by atoms with Crippen molar-refractivity contribution in [2.24, 2.45) is 0 Å². The van der Waals surface area contributed by atoms with Gasteiger partial charge in [-0.2, -0.15) is 4.31 Å². The number of esters is 1. The topological polar surface area (TPSA) is 120 Å². The SMILES string of the molecule is COc1ccc(CNC(=O)COC(=O)c2cc(S(=O)(=O)N3CCOCC3)ccc2F)cc1OC. The maximum Gasteiger partial charge on any atom is 0.341 e. The molecule has 34 heavy (non-hydrogen) atoms. The highest BCUT2D eigenvalue weighted by molar-refractivity contribution is 7.89. The van der Waals surface area contributed by atoms with E-state index in [9.17, 15) is 22.4 Å². The number of nitrogens with zero attached hydrogens (tertiary/aromatic N) is 1. The molecule has 0 atom stereocenters. The van der Waals surface area contributed by atoms with E-state index < -0.39 is 39.9 Å². The third-order valence-electron chi connectivity index (χ3n) is 5.04. The molecule has 1 saturated heterocycles. The smallest absolute Gasteiger partial charge is 0.341 e. The van der Waals surface area contributed by atoms with Crippen LogP contribution in [0.3, 0.4) is 0 Å². The lowest BCUT2D eigenvalue weighted by Crippen LogP contribution is -2.40. The molecule has 2 aromatic rings.